The minimum Gasteiger partial charge on any atom is -0.497 e. The van der Waals surface area contributed by atoms with Gasteiger partial charge in [0, 0.05) is 16.9 Å². The summed E-state index contributed by atoms with van der Waals surface area (Å²) in [5.41, 5.74) is 6.25. The van der Waals surface area contributed by atoms with Crippen LogP contribution in [0.3, 0.4) is 0 Å². The Balaban J connectivity index is 1.63. The quantitative estimate of drug-likeness (QED) is 0.261. The van der Waals surface area contributed by atoms with Gasteiger partial charge in [-0.1, -0.05) is 81.9 Å². The van der Waals surface area contributed by atoms with Gasteiger partial charge in [0.25, 0.3) is 0 Å². The lowest BCUT2D eigenvalue weighted by atomic mass is 9.87. The van der Waals surface area contributed by atoms with Gasteiger partial charge in [0.05, 0.1) is 12.9 Å². The van der Waals surface area contributed by atoms with E-state index in [1.165, 1.54) is 17.3 Å². The second kappa shape index (κ2) is 11.2. The van der Waals surface area contributed by atoms with E-state index in [-0.39, 0.29) is 17.1 Å². The van der Waals surface area contributed by atoms with E-state index in [0.29, 0.717) is 5.16 Å². The maximum atomic E-state index is 12.9. The van der Waals surface area contributed by atoms with Crippen molar-refractivity contribution in [3.05, 3.63) is 83.4 Å². The second-order valence-electron chi connectivity index (χ2n) is 9.97. The molecule has 192 valence electrons. The van der Waals surface area contributed by atoms with Crippen molar-refractivity contribution in [2.75, 3.05) is 18.2 Å². The predicted octanol–water partition coefficient (Wildman–Crippen LogP) is 6.84. The zero-order valence-electron chi connectivity index (χ0n) is 22.3. The smallest absolute Gasteiger partial charge is 0.234 e. The van der Waals surface area contributed by atoms with Gasteiger partial charge < -0.3 is 10.1 Å². The SMILES string of the molecule is CCc1cccc(C)c1NC(=O)CSc1nnc(-c2ccc(C(C)(C)C)cc2)n1-c1ccc(OC)cc1. The number of aromatic nitrogens is 3. The number of benzene rings is 3. The highest BCUT2D eigenvalue weighted by Gasteiger charge is 2.19. The molecule has 0 fully saturated rings. The number of rotatable bonds is 8. The molecule has 0 aliphatic heterocycles. The topological polar surface area (TPSA) is 69.0 Å². The molecule has 0 atom stereocenters. The zero-order valence-corrected chi connectivity index (χ0v) is 23.1. The summed E-state index contributed by atoms with van der Waals surface area (Å²) >= 11 is 1.37. The second-order valence-corrected chi connectivity index (χ2v) is 10.9. The number of anilines is 1. The third-order valence-corrected chi connectivity index (χ3v) is 7.24. The summed E-state index contributed by atoms with van der Waals surface area (Å²) in [4.78, 5) is 12.9. The van der Waals surface area contributed by atoms with Crippen molar-refractivity contribution in [3.63, 3.8) is 0 Å². The first-order chi connectivity index (χ1) is 17.7. The van der Waals surface area contributed by atoms with Crippen molar-refractivity contribution in [2.45, 2.75) is 51.6 Å². The number of para-hydroxylation sites is 1. The van der Waals surface area contributed by atoms with Gasteiger partial charge in [-0.3, -0.25) is 9.36 Å². The fraction of sp³-hybridized carbons (Fsp3) is 0.300. The molecule has 7 heteroatoms. The Morgan fingerprint density at radius 3 is 2.32 bits per heavy atom. The molecule has 0 saturated heterocycles. The molecule has 4 rings (SSSR count). The molecular formula is C30H34N4O2S. The molecule has 1 N–H and O–H groups in total. The van der Waals surface area contributed by atoms with Crippen LogP contribution in [0, 0.1) is 6.92 Å². The van der Waals surface area contributed by atoms with Gasteiger partial charge in [-0.05, 0) is 59.7 Å². The molecule has 1 aromatic heterocycles. The van der Waals surface area contributed by atoms with Crippen LogP contribution in [-0.4, -0.2) is 33.5 Å². The van der Waals surface area contributed by atoms with Crippen molar-refractivity contribution in [1.29, 1.82) is 0 Å². The van der Waals surface area contributed by atoms with Crippen LogP contribution >= 0.6 is 11.8 Å². The first-order valence-electron chi connectivity index (χ1n) is 12.4. The number of methoxy groups -OCH3 is 1. The summed E-state index contributed by atoms with van der Waals surface area (Å²) < 4.78 is 7.34. The van der Waals surface area contributed by atoms with Gasteiger partial charge in [0.1, 0.15) is 5.75 Å². The van der Waals surface area contributed by atoms with Crippen molar-refractivity contribution >= 4 is 23.4 Å². The van der Waals surface area contributed by atoms with E-state index in [0.717, 1.165) is 46.1 Å². The number of amides is 1. The van der Waals surface area contributed by atoms with E-state index in [2.05, 4.69) is 67.5 Å². The van der Waals surface area contributed by atoms with Gasteiger partial charge in [-0.2, -0.15) is 0 Å². The first kappa shape index (κ1) is 26.5. The number of carbonyl (C=O) groups is 1. The van der Waals surface area contributed by atoms with Crippen molar-refractivity contribution in [2.24, 2.45) is 0 Å². The van der Waals surface area contributed by atoms with Gasteiger partial charge in [0.15, 0.2) is 11.0 Å². The lowest BCUT2D eigenvalue weighted by Gasteiger charge is -2.19. The van der Waals surface area contributed by atoms with E-state index in [1.807, 2.05) is 54.0 Å². The number of carbonyl (C=O) groups excluding carboxylic acids is 1. The maximum absolute atomic E-state index is 12.9. The number of thioether (sulfide) groups is 1. The monoisotopic (exact) mass is 514 g/mol. The zero-order chi connectivity index (χ0) is 26.6. The van der Waals surface area contributed by atoms with E-state index in [4.69, 9.17) is 4.74 Å². The number of hydrogen-bond acceptors (Lipinski definition) is 5. The molecule has 0 radical (unpaired) electrons. The Labute approximate surface area is 223 Å². The normalized spacial score (nSPS) is 11.4. The van der Waals surface area contributed by atoms with Crippen LogP contribution in [0.4, 0.5) is 5.69 Å². The Kier molecular flexibility index (Phi) is 8.03. The minimum atomic E-state index is -0.0747. The van der Waals surface area contributed by atoms with E-state index in [1.54, 1.807) is 7.11 Å². The van der Waals surface area contributed by atoms with Crippen molar-refractivity contribution in [3.8, 4) is 22.8 Å². The highest BCUT2D eigenvalue weighted by atomic mass is 32.2. The van der Waals surface area contributed by atoms with E-state index >= 15 is 0 Å². The molecule has 0 spiro atoms. The van der Waals surface area contributed by atoms with Crippen LogP contribution < -0.4 is 10.1 Å². The van der Waals surface area contributed by atoms with Crippen LogP contribution in [0.15, 0.2) is 71.9 Å². The number of nitrogens with zero attached hydrogens (tertiary/aromatic N) is 3. The summed E-state index contributed by atoms with van der Waals surface area (Å²) in [6.07, 6.45) is 0.855. The number of nitrogens with one attached hydrogen (secondary N) is 1. The Hall–Kier alpha value is -3.58. The van der Waals surface area contributed by atoms with Gasteiger partial charge >= 0.3 is 0 Å². The summed E-state index contributed by atoms with van der Waals surface area (Å²) in [5.74, 6) is 1.64. The molecule has 4 aromatic rings. The average molecular weight is 515 g/mol. The maximum Gasteiger partial charge on any atom is 0.234 e. The predicted molar refractivity (Wildman–Crippen MR) is 152 cm³/mol. The molecule has 0 saturated carbocycles. The molecular weight excluding hydrogens is 480 g/mol. The van der Waals surface area contributed by atoms with Crippen LogP contribution in [0.25, 0.3) is 17.1 Å². The van der Waals surface area contributed by atoms with Crippen molar-refractivity contribution < 1.29 is 9.53 Å². The standard InChI is InChI=1S/C30H34N4O2S/c1-7-21-10-8-9-20(2)27(21)31-26(35)19-37-29-33-32-28(22-11-13-23(14-12-22)30(3,4)5)34(29)24-15-17-25(36-6)18-16-24/h8-18H,7,19H2,1-6H3,(H,31,35). The lowest BCUT2D eigenvalue weighted by Crippen LogP contribution is -2.16. The third kappa shape index (κ3) is 6.05. The van der Waals surface area contributed by atoms with Crippen LogP contribution in [0.5, 0.6) is 5.75 Å². The molecule has 0 aliphatic carbocycles. The van der Waals surface area contributed by atoms with Crippen molar-refractivity contribution in [1.82, 2.24) is 14.8 Å². The highest BCUT2D eigenvalue weighted by molar-refractivity contribution is 7.99. The summed E-state index contributed by atoms with van der Waals surface area (Å²) in [6.45, 7) is 10.7. The minimum absolute atomic E-state index is 0.0608. The number of aryl methyl sites for hydroxylation is 2. The van der Waals surface area contributed by atoms with Gasteiger partial charge in [-0.15, -0.1) is 10.2 Å². The molecule has 1 amide bonds. The fourth-order valence-corrected chi connectivity index (χ4v) is 4.89. The molecule has 0 aliphatic rings. The molecule has 6 nitrogen and oxygen atoms in total. The summed E-state index contributed by atoms with van der Waals surface area (Å²) in [7, 11) is 1.65. The van der Waals surface area contributed by atoms with E-state index < -0.39 is 0 Å². The molecule has 37 heavy (non-hydrogen) atoms. The molecule has 1 heterocycles. The van der Waals surface area contributed by atoms with Crippen LogP contribution in [0.2, 0.25) is 0 Å². The largest absolute Gasteiger partial charge is 0.497 e. The van der Waals surface area contributed by atoms with E-state index in [9.17, 15) is 4.79 Å². The Bertz CT molecular complexity index is 1370. The van der Waals surface area contributed by atoms with Gasteiger partial charge in [0.2, 0.25) is 5.91 Å². The highest BCUT2D eigenvalue weighted by Crippen LogP contribution is 2.31. The summed E-state index contributed by atoms with van der Waals surface area (Å²) in [5, 5.41) is 12.8. The number of hydrogen-bond donors (Lipinski definition) is 1. The Morgan fingerprint density at radius 2 is 1.70 bits per heavy atom. The number of ether oxygens (including phenoxy) is 1. The Morgan fingerprint density at radius 1 is 1.00 bits per heavy atom. The lowest BCUT2D eigenvalue weighted by molar-refractivity contribution is -0.113. The van der Waals surface area contributed by atoms with Crippen LogP contribution in [0.1, 0.15) is 44.4 Å². The fourth-order valence-electron chi connectivity index (χ4n) is 4.14. The first-order valence-corrected chi connectivity index (χ1v) is 13.4. The average Bonchev–Trinajstić information content (AvgIpc) is 3.32. The molecule has 3 aromatic carbocycles. The third-order valence-electron chi connectivity index (χ3n) is 6.31. The van der Waals surface area contributed by atoms with Crippen LogP contribution in [-0.2, 0) is 16.6 Å². The summed E-state index contributed by atoms with van der Waals surface area (Å²) in [6, 6.07) is 22.3. The molecule has 0 bridgehead atoms. The molecule has 0 unspecified atom stereocenters. The van der Waals surface area contributed by atoms with Gasteiger partial charge in [-0.25, -0.2) is 0 Å².